The molecule has 1 atom stereocenters. The fourth-order valence-corrected chi connectivity index (χ4v) is 3.32. The maximum Gasteiger partial charge on any atom is 0.237 e. The largest absolute Gasteiger partial charge is 0.371 e. The monoisotopic (exact) mass is 287 g/mol. The second kappa shape index (κ2) is 6.94. The van der Waals surface area contributed by atoms with Gasteiger partial charge in [-0.25, -0.2) is 0 Å². The lowest BCUT2D eigenvalue weighted by molar-refractivity contribution is -0.122. The Morgan fingerprint density at radius 1 is 1.19 bits per heavy atom. The summed E-state index contributed by atoms with van der Waals surface area (Å²) in [5, 5.41) is 6.34. The van der Waals surface area contributed by atoms with Crippen molar-refractivity contribution in [1.29, 1.82) is 0 Å². The van der Waals surface area contributed by atoms with Crippen LogP contribution < -0.4 is 15.5 Å². The summed E-state index contributed by atoms with van der Waals surface area (Å²) in [6, 6.07) is 8.47. The molecule has 0 saturated carbocycles. The number of anilines is 1. The van der Waals surface area contributed by atoms with Gasteiger partial charge in [0.15, 0.2) is 0 Å². The van der Waals surface area contributed by atoms with Crippen LogP contribution in [-0.2, 0) is 11.3 Å². The molecule has 1 aromatic rings. The van der Waals surface area contributed by atoms with Crippen LogP contribution in [0.1, 0.15) is 37.7 Å². The van der Waals surface area contributed by atoms with Crippen LogP contribution in [0.25, 0.3) is 0 Å². The van der Waals surface area contributed by atoms with Crippen LogP contribution in [0.4, 0.5) is 5.69 Å². The number of piperidine rings is 1. The van der Waals surface area contributed by atoms with Crippen molar-refractivity contribution in [2.75, 3.05) is 24.5 Å². The first-order valence-corrected chi connectivity index (χ1v) is 8.18. The molecule has 0 aromatic heterocycles. The van der Waals surface area contributed by atoms with Crippen molar-refractivity contribution in [1.82, 2.24) is 10.6 Å². The molecule has 0 spiro atoms. The lowest BCUT2D eigenvalue weighted by Crippen LogP contribution is -2.40. The van der Waals surface area contributed by atoms with Crippen LogP contribution in [-0.4, -0.2) is 31.6 Å². The number of rotatable bonds is 4. The van der Waals surface area contributed by atoms with Crippen molar-refractivity contribution in [3.05, 3.63) is 29.8 Å². The standard InChI is InChI=1S/C17H25N3O/c21-17(15-8-6-10-18-15)19-13-14-7-2-3-9-16(14)20-11-4-1-5-12-20/h2-3,7,9,15,18H,1,4-6,8,10-13H2,(H,19,21). The second-order valence-corrected chi connectivity index (χ2v) is 6.04. The molecule has 2 N–H and O–H groups in total. The predicted octanol–water partition coefficient (Wildman–Crippen LogP) is 2.05. The van der Waals surface area contributed by atoms with E-state index in [2.05, 4.69) is 39.8 Å². The van der Waals surface area contributed by atoms with Gasteiger partial charge in [-0.05, 0) is 50.3 Å². The molecule has 2 saturated heterocycles. The Hall–Kier alpha value is -1.55. The molecule has 4 nitrogen and oxygen atoms in total. The number of benzene rings is 1. The normalized spacial score (nSPS) is 22.3. The first-order chi connectivity index (χ1) is 10.3. The van der Waals surface area contributed by atoms with E-state index >= 15 is 0 Å². The van der Waals surface area contributed by atoms with Gasteiger partial charge in [0.05, 0.1) is 6.04 Å². The third-order valence-electron chi connectivity index (χ3n) is 4.52. The van der Waals surface area contributed by atoms with Gasteiger partial charge in [0.2, 0.25) is 5.91 Å². The SMILES string of the molecule is O=C(NCc1ccccc1N1CCCCC1)C1CCCN1. The molecule has 3 rings (SSSR count). The molecule has 1 amide bonds. The van der Waals surface area contributed by atoms with Crippen LogP contribution in [0.3, 0.4) is 0 Å². The fourth-order valence-electron chi connectivity index (χ4n) is 3.32. The zero-order valence-electron chi connectivity index (χ0n) is 12.6. The number of nitrogens with zero attached hydrogens (tertiary/aromatic N) is 1. The van der Waals surface area contributed by atoms with Gasteiger partial charge in [0.25, 0.3) is 0 Å². The molecule has 2 aliphatic heterocycles. The van der Waals surface area contributed by atoms with Gasteiger partial charge >= 0.3 is 0 Å². The van der Waals surface area contributed by atoms with Crippen molar-refractivity contribution in [3.8, 4) is 0 Å². The first kappa shape index (κ1) is 14.4. The van der Waals surface area contributed by atoms with E-state index in [-0.39, 0.29) is 11.9 Å². The molecule has 1 aromatic carbocycles. The summed E-state index contributed by atoms with van der Waals surface area (Å²) in [6.07, 6.45) is 5.93. The van der Waals surface area contributed by atoms with Gasteiger partial charge in [-0.1, -0.05) is 18.2 Å². The van der Waals surface area contributed by atoms with Crippen molar-refractivity contribution in [2.24, 2.45) is 0 Å². The van der Waals surface area contributed by atoms with E-state index in [1.54, 1.807) is 0 Å². The summed E-state index contributed by atoms with van der Waals surface area (Å²) in [5.74, 6) is 0.140. The van der Waals surface area contributed by atoms with Crippen LogP contribution in [0.15, 0.2) is 24.3 Å². The van der Waals surface area contributed by atoms with Gasteiger partial charge in [-0.3, -0.25) is 4.79 Å². The lowest BCUT2D eigenvalue weighted by Gasteiger charge is -2.30. The van der Waals surface area contributed by atoms with E-state index in [4.69, 9.17) is 0 Å². The second-order valence-electron chi connectivity index (χ2n) is 6.04. The number of amides is 1. The van der Waals surface area contributed by atoms with Gasteiger partial charge < -0.3 is 15.5 Å². The molecule has 114 valence electrons. The summed E-state index contributed by atoms with van der Waals surface area (Å²) in [4.78, 5) is 14.6. The average Bonchev–Trinajstić information content (AvgIpc) is 3.08. The maximum absolute atomic E-state index is 12.1. The Labute approximate surface area is 126 Å². The zero-order chi connectivity index (χ0) is 14.5. The molecular formula is C17H25N3O. The number of carbonyl (C=O) groups is 1. The van der Waals surface area contributed by atoms with Crippen molar-refractivity contribution in [2.45, 2.75) is 44.7 Å². The molecule has 1 unspecified atom stereocenters. The topological polar surface area (TPSA) is 44.4 Å². The molecule has 0 bridgehead atoms. The number of hydrogen-bond acceptors (Lipinski definition) is 3. The van der Waals surface area contributed by atoms with Crippen LogP contribution in [0, 0.1) is 0 Å². The van der Waals surface area contributed by atoms with E-state index in [1.807, 2.05) is 0 Å². The summed E-state index contributed by atoms with van der Waals surface area (Å²) in [6.45, 7) is 3.86. The number of para-hydroxylation sites is 1. The average molecular weight is 287 g/mol. The highest BCUT2D eigenvalue weighted by Gasteiger charge is 2.22. The van der Waals surface area contributed by atoms with Crippen LogP contribution >= 0.6 is 0 Å². The van der Waals surface area contributed by atoms with Gasteiger partial charge in [0, 0.05) is 25.3 Å². The maximum atomic E-state index is 12.1. The smallest absolute Gasteiger partial charge is 0.237 e. The summed E-state index contributed by atoms with van der Waals surface area (Å²) in [7, 11) is 0. The molecule has 0 radical (unpaired) electrons. The molecule has 2 aliphatic rings. The summed E-state index contributed by atoms with van der Waals surface area (Å²) in [5.41, 5.74) is 2.52. The number of nitrogens with one attached hydrogen (secondary N) is 2. The molecule has 0 aliphatic carbocycles. The van der Waals surface area contributed by atoms with Crippen LogP contribution in [0.5, 0.6) is 0 Å². The van der Waals surface area contributed by atoms with Crippen molar-refractivity contribution >= 4 is 11.6 Å². The highest BCUT2D eigenvalue weighted by atomic mass is 16.2. The third-order valence-corrected chi connectivity index (χ3v) is 4.52. The quantitative estimate of drug-likeness (QED) is 0.891. The molecular weight excluding hydrogens is 262 g/mol. The third kappa shape index (κ3) is 3.56. The molecule has 21 heavy (non-hydrogen) atoms. The van der Waals surface area contributed by atoms with E-state index in [1.165, 1.54) is 30.5 Å². The predicted molar refractivity (Wildman–Crippen MR) is 85.4 cm³/mol. The molecule has 2 fully saturated rings. The zero-order valence-corrected chi connectivity index (χ0v) is 12.6. The Morgan fingerprint density at radius 2 is 2.00 bits per heavy atom. The molecule has 4 heteroatoms. The minimum atomic E-state index is 0.00662. The Kier molecular flexibility index (Phi) is 4.76. The fraction of sp³-hybridized carbons (Fsp3) is 0.588. The van der Waals surface area contributed by atoms with E-state index in [9.17, 15) is 4.79 Å². The Bertz CT molecular complexity index is 477. The Morgan fingerprint density at radius 3 is 2.76 bits per heavy atom. The Balaban J connectivity index is 1.63. The van der Waals surface area contributed by atoms with Gasteiger partial charge in [-0.2, -0.15) is 0 Å². The van der Waals surface area contributed by atoms with E-state index in [0.717, 1.165) is 32.5 Å². The highest BCUT2D eigenvalue weighted by molar-refractivity contribution is 5.82. The number of hydrogen-bond donors (Lipinski definition) is 2. The minimum Gasteiger partial charge on any atom is -0.371 e. The first-order valence-electron chi connectivity index (χ1n) is 8.18. The van der Waals surface area contributed by atoms with Gasteiger partial charge in [0.1, 0.15) is 0 Å². The van der Waals surface area contributed by atoms with Crippen molar-refractivity contribution in [3.63, 3.8) is 0 Å². The summed E-state index contributed by atoms with van der Waals surface area (Å²) >= 11 is 0. The van der Waals surface area contributed by atoms with Crippen molar-refractivity contribution < 1.29 is 4.79 Å². The van der Waals surface area contributed by atoms with Crippen LogP contribution in [0.2, 0.25) is 0 Å². The molecule has 2 heterocycles. The van der Waals surface area contributed by atoms with E-state index < -0.39 is 0 Å². The number of carbonyl (C=O) groups excluding carboxylic acids is 1. The highest BCUT2D eigenvalue weighted by Crippen LogP contribution is 2.24. The summed E-state index contributed by atoms with van der Waals surface area (Å²) < 4.78 is 0. The van der Waals surface area contributed by atoms with Gasteiger partial charge in [-0.15, -0.1) is 0 Å². The minimum absolute atomic E-state index is 0.00662. The lowest BCUT2D eigenvalue weighted by atomic mass is 10.1. The van der Waals surface area contributed by atoms with E-state index in [0.29, 0.717) is 6.54 Å².